The molecule has 31 heavy (non-hydrogen) atoms. The Bertz CT molecular complexity index is 937. The summed E-state index contributed by atoms with van der Waals surface area (Å²) in [6.07, 6.45) is 1.33. The Morgan fingerprint density at radius 1 is 1.23 bits per heavy atom. The van der Waals surface area contributed by atoms with Crippen LogP contribution in [0, 0.1) is 31.5 Å². The number of anilines is 1. The molecule has 1 fully saturated rings. The number of carbonyl (C=O) groups is 2. The van der Waals surface area contributed by atoms with Crippen LogP contribution in [0.2, 0.25) is 0 Å². The number of aryl methyl sites for hydroxylation is 2. The summed E-state index contributed by atoms with van der Waals surface area (Å²) in [6, 6.07) is 10.5. The van der Waals surface area contributed by atoms with E-state index in [2.05, 4.69) is 5.32 Å². The molecule has 1 saturated heterocycles. The molecule has 0 unspecified atom stereocenters. The fourth-order valence-corrected chi connectivity index (χ4v) is 4.50. The van der Waals surface area contributed by atoms with E-state index in [0.29, 0.717) is 37.2 Å². The molecule has 1 N–H and O–H groups in total. The van der Waals surface area contributed by atoms with Gasteiger partial charge in [-0.3, -0.25) is 9.59 Å². The number of halogens is 1. The lowest BCUT2D eigenvalue weighted by Gasteiger charge is -2.38. The van der Waals surface area contributed by atoms with Crippen molar-refractivity contribution >= 4 is 17.5 Å². The van der Waals surface area contributed by atoms with E-state index >= 15 is 0 Å². The summed E-state index contributed by atoms with van der Waals surface area (Å²) in [7, 11) is 1.59. The third-order valence-corrected chi connectivity index (χ3v) is 5.90. The first kappa shape index (κ1) is 22.9. The number of methoxy groups -OCH3 is 1. The van der Waals surface area contributed by atoms with E-state index in [1.165, 1.54) is 6.07 Å². The minimum atomic E-state index is -0.199. The van der Waals surface area contributed by atoms with E-state index in [9.17, 15) is 14.0 Å². The van der Waals surface area contributed by atoms with E-state index in [1.807, 2.05) is 49.9 Å². The minimum Gasteiger partial charge on any atom is -0.383 e. The smallest absolute Gasteiger partial charge is 0.251 e. The van der Waals surface area contributed by atoms with Gasteiger partial charge in [0.05, 0.1) is 6.61 Å². The number of benzene rings is 2. The van der Waals surface area contributed by atoms with E-state index in [-0.39, 0.29) is 29.5 Å². The Hall–Kier alpha value is -2.73. The van der Waals surface area contributed by atoms with Crippen LogP contribution in [-0.4, -0.2) is 38.6 Å². The van der Waals surface area contributed by atoms with Crippen LogP contribution in [0.25, 0.3) is 0 Å². The highest BCUT2D eigenvalue weighted by Crippen LogP contribution is 2.34. The van der Waals surface area contributed by atoms with Crippen LogP contribution in [0.4, 0.5) is 10.1 Å². The van der Waals surface area contributed by atoms with Crippen molar-refractivity contribution in [2.45, 2.75) is 33.6 Å². The van der Waals surface area contributed by atoms with Gasteiger partial charge in [0.25, 0.3) is 5.91 Å². The lowest BCUT2D eigenvalue weighted by atomic mass is 9.84. The van der Waals surface area contributed by atoms with Gasteiger partial charge < -0.3 is 15.0 Å². The highest BCUT2D eigenvalue weighted by Gasteiger charge is 2.34. The maximum atomic E-state index is 14.2. The van der Waals surface area contributed by atoms with E-state index in [0.717, 1.165) is 23.2 Å². The molecular formula is C25H31FN2O3. The van der Waals surface area contributed by atoms with E-state index < -0.39 is 0 Å². The van der Waals surface area contributed by atoms with E-state index in [1.54, 1.807) is 13.2 Å². The molecule has 0 bridgehead atoms. The normalized spacial score (nSPS) is 18.9. The molecule has 2 atom stereocenters. The van der Waals surface area contributed by atoms with Gasteiger partial charge >= 0.3 is 0 Å². The Morgan fingerprint density at radius 3 is 2.55 bits per heavy atom. The zero-order chi connectivity index (χ0) is 22.5. The molecule has 2 amide bonds. The summed E-state index contributed by atoms with van der Waals surface area (Å²) >= 11 is 0. The summed E-state index contributed by atoms with van der Waals surface area (Å²) in [5.74, 6) is -0.254. The molecular weight excluding hydrogens is 395 g/mol. The number of nitrogens with one attached hydrogen (secondary N) is 1. The highest BCUT2D eigenvalue weighted by atomic mass is 19.1. The number of hydrogen-bond acceptors (Lipinski definition) is 3. The van der Waals surface area contributed by atoms with Crippen LogP contribution in [-0.2, 0) is 16.0 Å². The van der Waals surface area contributed by atoms with Gasteiger partial charge in [-0.25, -0.2) is 4.39 Å². The quantitative estimate of drug-likeness (QED) is 0.680. The predicted molar refractivity (Wildman–Crippen MR) is 120 cm³/mol. The first-order chi connectivity index (χ1) is 14.8. The van der Waals surface area contributed by atoms with Crippen molar-refractivity contribution in [1.29, 1.82) is 0 Å². The molecule has 0 spiro atoms. The van der Waals surface area contributed by atoms with Crippen LogP contribution in [0.15, 0.2) is 36.4 Å². The molecule has 1 heterocycles. The maximum Gasteiger partial charge on any atom is 0.251 e. The predicted octanol–water partition coefficient (Wildman–Crippen LogP) is 4.05. The lowest BCUT2D eigenvalue weighted by Crippen LogP contribution is -2.46. The fourth-order valence-electron chi connectivity index (χ4n) is 4.50. The van der Waals surface area contributed by atoms with Crippen LogP contribution in [0.1, 0.15) is 40.4 Å². The Kier molecular flexibility index (Phi) is 7.44. The second-order valence-corrected chi connectivity index (χ2v) is 8.45. The number of ether oxygens (including phenoxy) is 1. The summed E-state index contributed by atoms with van der Waals surface area (Å²) in [5, 5.41) is 2.83. The topological polar surface area (TPSA) is 58.6 Å². The number of piperidine rings is 1. The summed E-state index contributed by atoms with van der Waals surface area (Å²) in [4.78, 5) is 27.3. The highest BCUT2D eigenvalue weighted by molar-refractivity contribution is 5.99. The van der Waals surface area contributed by atoms with Crippen molar-refractivity contribution in [2.24, 2.45) is 11.8 Å². The van der Waals surface area contributed by atoms with Gasteiger partial charge in [-0.15, -0.1) is 0 Å². The molecule has 3 rings (SSSR count). The number of amides is 2. The Morgan fingerprint density at radius 2 is 1.90 bits per heavy atom. The number of nitrogens with zero attached hydrogens (tertiary/aromatic N) is 1. The number of rotatable bonds is 7. The average Bonchev–Trinajstić information content (AvgIpc) is 2.72. The molecule has 1 aliphatic heterocycles. The Balaban J connectivity index is 1.83. The first-order valence-electron chi connectivity index (χ1n) is 10.7. The Labute approximate surface area is 183 Å². The van der Waals surface area contributed by atoms with Gasteiger partial charge in [-0.05, 0) is 67.5 Å². The van der Waals surface area contributed by atoms with Crippen LogP contribution in [0.3, 0.4) is 0 Å². The van der Waals surface area contributed by atoms with Crippen molar-refractivity contribution in [3.63, 3.8) is 0 Å². The van der Waals surface area contributed by atoms with Crippen LogP contribution in [0.5, 0.6) is 0 Å². The molecule has 2 aromatic rings. The molecule has 0 radical (unpaired) electrons. The zero-order valence-electron chi connectivity index (χ0n) is 18.7. The third kappa shape index (κ3) is 5.31. The number of hydrogen-bond donors (Lipinski definition) is 1. The summed E-state index contributed by atoms with van der Waals surface area (Å²) in [5.41, 5.74) is 3.86. The molecule has 6 heteroatoms. The number of carbonyl (C=O) groups excluding carboxylic acids is 2. The summed E-state index contributed by atoms with van der Waals surface area (Å²) < 4.78 is 19.1. The monoisotopic (exact) mass is 426 g/mol. The SMILES string of the molecule is COCCNC(=O)c1cc(C)c(N2C[C@@H](Cc3ccccc3F)C[C@@H](C)C2=O)c(C)c1. The molecule has 0 saturated carbocycles. The molecule has 1 aliphatic rings. The van der Waals surface area contributed by atoms with Crippen molar-refractivity contribution in [3.8, 4) is 0 Å². The fraction of sp³-hybridized carbons (Fsp3) is 0.440. The first-order valence-corrected chi connectivity index (χ1v) is 10.7. The lowest BCUT2D eigenvalue weighted by molar-refractivity contribution is -0.124. The van der Waals surface area contributed by atoms with E-state index in [4.69, 9.17) is 4.74 Å². The molecule has 2 aromatic carbocycles. The van der Waals surface area contributed by atoms with Crippen LogP contribution < -0.4 is 10.2 Å². The van der Waals surface area contributed by atoms with Gasteiger partial charge in [-0.1, -0.05) is 25.1 Å². The van der Waals surface area contributed by atoms with Gasteiger partial charge in [-0.2, -0.15) is 0 Å². The molecule has 5 nitrogen and oxygen atoms in total. The maximum absolute atomic E-state index is 14.2. The largest absolute Gasteiger partial charge is 0.383 e. The molecule has 0 aromatic heterocycles. The summed E-state index contributed by atoms with van der Waals surface area (Å²) in [6.45, 7) is 7.21. The zero-order valence-corrected chi connectivity index (χ0v) is 18.7. The van der Waals surface area contributed by atoms with Crippen molar-refractivity contribution in [3.05, 3.63) is 64.5 Å². The van der Waals surface area contributed by atoms with Crippen LogP contribution >= 0.6 is 0 Å². The molecule has 0 aliphatic carbocycles. The van der Waals surface area contributed by atoms with Crippen molar-refractivity contribution < 1.29 is 18.7 Å². The second kappa shape index (κ2) is 10.1. The van der Waals surface area contributed by atoms with Gasteiger partial charge in [0.2, 0.25) is 5.91 Å². The van der Waals surface area contributed by atoms with Gasteiger partial charge in [0, 0.05) is 37.4 Å². The molecule has 166 valence electrons. The third-order valence-electron chi connectivity index (χ3n) is 5.90. The van der Waals surface area contributed by atoms with Crippen molar-refractivity contribution in [1.82, 2.24) is 5.32 Å². The standard InChI is InChI=1S/C25H31FN2O3/c1-16-12-21(24(29)27-9-10-31-4)13-17(2)23(16)28-15-19(11-18(3)25(28)30)14-20-7-5-6-8-22(20)26/h5-8,12-13,18-19H,9-11,14-15H2,1-4H3,(H,27,29)/t18-,19-/m1/s1. The van der Waals surface area contributed by atoms with Gasteiger partial charge in [0.15, 0.2) is 0 Å². The minimum absolute atomic E-state index is 0.0771. The second-order valence-electron chi connectivity index (χ2n) is 8.45. The van der Waals surface area contributed by atoms with Crippen molar-refractivity contribution in [2.75, 3.05) is 31.7 Å². The average molecular weight is 427 g/mol. The van der Waals surface area contributed by atoms with Gasteiger partial charge in [0.1, 0.15) is 5.82 Å².